The van der Waals surface area contributed by atoms with Crippen molar-refractivity contribution in [1.82, 2.24) is 0 Å². The zero-order chi connectivity index (χ0) is 20.9. The van der Waals surface area contributed by atoms with Gasteiger partial charge < -0.3 is 0 Å². The molecule has 2 aliphatic rings. The van der Waals surface area contributed by atoms with Crippen molar-refractivity contribution >= 4 is 11.0 Å². The van der Waals surface area contributed by atoms with Crippen LogP contribution < -0.4 is 0 Å². The van der Waals surface area contributed by atoms with Gasteiger partial charge in [-0.2, -0.15) is 0 Å². The third kappa shape index (κ3) is 3.37. The van der Waals surface area contributed by atoms with Crippen molar-refractivity contribution in [1.29, 1.82) is 0 Å². The Hall–Kier alpha value is -1.24. The number of rotatable bonds is 3. The summed E-state index contributed by atoms with van der Waals surface area (Å²) in [7, 11) is 0. The fraction of sp³-hybridized carbons (Fsp3) is 0.333. The van der Waals surface area contributed by atoms with Crippen molar-refractivity contribution < 1.29 is 20.4 Å². The molecular weight excluding hydrogens is 444 g/mol. The Morgan fingerprint density at radius 1 is 0.759 bits per heavy atom. The van der Waals surface area contributed by atoms with Gasteiger partial charge in [-0.1, -0.05) is 0 Å². The molecule has 0 spiro atoms. The van der Waals surface area contributed by atoms with Crippen LogP contribution in [0.3, 0.4) is 0 Å². The molecule has 0 saturated carbocycles. The second kappa shape index (κ2) is 8.12. The first kappa shape index (κ1) is 21.0. The van der Waals surface area contributed by atoms with E-state index >= 15 is 0 Å². The first-order valence-electron chi connectivity index (χ1n) is 10.8. The van der Waals surface area contributed by atoms with Crippen molar-refractivity contribution in [3.8, 4) is 0 Å². The molecule has 29 heavy (non-hydrogen) atoms. The maximum absolute atomic E-state index is 2.60. The third-order valence-electron chi connectivity index (χ3n) is 7.19. The minimum absolute atomic E-state index is 0.351. The minimum atomic E-state index is -1.93. The van der Waals surface area contributed by atoms with Gasteiger partial charge in [0.15, 0.2) is 0 Å². The van der Waals surface area contributed by atoms with Gasteiger partial charge in [-0.05, 0) is 0 Å². The summed E-state index contributed by atoms with van der Waals surface area (Å²) < 4.78 is 2.61. The number of hydrogen-bond acceptors (Lipinski definition) is 0. The molecule has 4 rings (SSSR count). The van der Waals surface area contributed by atoms with Gasteiger partial charge >= 0.3 is 185 Å². The average molecular weight is 476 g/mol. The van der Waals surface area contributed by atoms with E-state index in [4.69, 9.17) is 0 Å². The first-order valence-corrected chi connectivity index (χ1v) is 19.6. The Bertz CT molecular complexity index is 1110. The van der Waals surface area contributed by atoms with Gasteiger partial charge in [-0.15, -0.1) is 0 Å². The molecule has 2 unspecified atom stereocenters. The summed E-state index contributed by atoms with van der Waals surface area (Å²) in [5, 5.41) is 0. The molecule has 2 aromatic rings. The molecule has 2 aromatic carbocycles. The second-order valence-electron chi connectivity index (χ2n) is 8.93. The summed E-state index contributed by atoms with van der Waals surface area (Å²) in [6.07, 6.45) is 0. The Kier molecular flexibility index (Phi) is 5.88. The molecule has 0 fully saturated rings. The van der Waals surface area contributed by atoms with Gasteiger partial charge in [-0.25, -0.2) is 0 Å². The van der Waals surface area contributed by atoms with E-state index in [9.17, 15) is 0 Å². The maximum atomic E-state index is 2.60. The third-order valence-corrected chi connectivity index (χ3v) is 26.2. The molecule has 2 atom stereocenters. The molecule has 0 aromatic heterocycles. The van der Waals surface area contributed by atoms with E-state index in [2.05, 4.69) is 102 Å². The van der Waals surface area contributed by atoms with Crippen LogP contribution in [0.15, 0.2) is 80.2 Å². The van der Waals surface area contributed by atoms with Gasteiger partial charge in [0.1, 0.15) is 0 Å². The summed E-state index contributed by atoms with van der Waals surface area (Å²) in [6.45, 7) is 17.3. The molecule has 0 aliphatic heterocycles. The van der Waals surface area contributed by atoms with E-state index in [1.54, 1.807) is 27.9 Å². The Labute approximate surface area is 184 Å². The van der Waals surface area contributed by atoms with Gasteiger partial charge in [0.05, 0.1) is 0 Å². The van der Waals surface area contributed by atoms with Crippen LogP contribution in [0.25, 0.3) is 5.57 Å². The van der Waals surface area contributed by atoms with Crippen LogP contribution in [0.5, 0.6) is 0 Å². The van der Waals surface area contributed by atoms with E-state index in [0.29, 0.717) is 9.54 Å². The molecule has 148 valence electrons. The normalized spacial score (nSPS) is 21.2. The summed E-state index contributed by atoms with van der Waals surface area (Å²) in [5.41, 5.74) is 12.2. The van der Waals surface area contributed by atoms with Gasteiger partial charge in [0, 0.05) is 0 Å². The number of fused-ring (bicyclic) bond motifs is 1. The van der Waals surface area contributed by atoms with Crippen molar-refractivity contribution in [2.45, 2.75) is 51.3 Å². The van der Waals surface area contributed by atoms with E-state index in [-0.39, 0.29) is 5.43 Å². The SMILES string of the molecule is CC1=C(C)C(C)[C]([Zr]([CH]2C(C)=C(c3ccccc3)c3ccccc32)=[Si](C)C)=C1C. The summed E-state index contributed by atoms with van der Waals surface area (Å²) >= 11 is -1.93. The Morgan fingerprint density at radius 3 is 1.97 bits per heavy atom. The molecule has 0 amide bonds. The molecule has 0 radical (unpaired) electrons. The average Bonchev–Trinajstić information content (AvgIpc) is 3.10. The van der Waals surface area contributed by atoms with Gasteiger partial charge in [0.2, 0.25) is 0 Å². The van der Waals surface area contributed by atoms with Crippen molar-refractivity contribution in [3.05, 3.63) is 96.9 Å². The predicted molar refractivity (Wildman–Crippen MR) is 125 cm³/mol. The van der Waals surface area contributed by atoms with Gasteiger partial charge in [0.25, 0.3) is 0 Å². The zero-order valence-corrected chi connectivity index (χ0v) is 22.3. The van der Waals surface area contributed by atoms with Crippen LogP contribution in [-0.2, 0) is 20.4 Å². The van der Waals surface area contributed by atoms with Crippen LogP contribution in [0.1, 0.15) is 54.9 Å². The molecule has 0 saturated heterocycles. The molecule has 0 N–H and O–H groups in total. The Balaban J connectivity index is 1.97. The van der Waals surface area contributed by atoms with E-state index in [1.165, 1.54) is 16.7 Å². The fourth-order valence-electron chi connectivity index (χ4n) is 5.44. The predicted octanol–water partition coefficient (Wildman–Crippen LogP) is 7.69. The molecule has 2 aliphatic carbocycles. The number of allylic oxidation sites excluding steroid dienone is 5. The van der Waals surface area contributed by atoms with Crippen LogP contribution in [0.2, 0.25) is 13.1 Å². The van der Waals surface area contributed by atoms with Crippen molar-refractivity contribution in [3.63, 3.8) is 0 Å². The Morgan fingerprint density at radius 2 is 1.38 bits per heavy atom. The topological polar surface area (TPSA) is 0 Å². The van der Waals surface area contributed by atoms with Crippen LogP contribution in [0.4, 0.5) is 0 Å². The number of hydrogen-bond donors (Lipinski definition) is 0. The molecule has 0 heterocycles. The number of benzene rings is 2. The van der Waals surface area contributed by atoms with Crippen LogP contribution in [0, 0.1) is 5.92 Å². The quantitative estimate of drug-likeness (QED) is 0.399. The first-order chi connectivity index (χ1) is 13.8. The summed E-state index contributed by atoms with van der Waals surface area (Å²) in [4.78, 5) is 0. The van der Waals surface area contributed by atoms with E-state index in [1.807, 2.05) is 3.28 Å². The van der Waals surface area contributed by atoms with E-state index in [0.717, 1.165) is 0 Å². The second-order valence-corrected chi connectivity index (χ2v) is 26.3. The van der Waals surface area contributed by atoms with Gasteiger partial charge in [-0.3, -0.25) is 0 Å². The summed E-state index contributed by atoms with van der Waals surface area (Å²) in [6, 6.07) is 20.4. The van der Waals surface area contributed by atoms with Crippen molar-refractivity contribution in [2.75, 3.05) is 0 Å². The molecule has 0 bridgehead atoms. The van der Waals surface area contributed by atoms with E-state index < -0.39 is 20.4 Å². The van der Waals surface area contributed by atoms with Crippen LogP contribution >= 0.6 is 0 Å². The standard InChI is InChI=1S/C16H13.C9H13.C2H6Si.Zr/c1-12-11-14-9-5-6-10-15(14)16(12)13-7-3-2-4-8-13;1-6-5-7(2)9(4)8(6)3;1-3-2;/h2-11H,1H3;6H,1-4H3;1-2H3;. The van der Waals surface area contributed by atoms with Crippen molar-refractivity contribution in [2.24, 2.45) is 5.92 Å². The zero-order valence-electron chi connectivity index (χ0n) is 18.9. The monoisotopic (exact) mass is 474 g/mol. The van der Waals surface area contributed by atoms with Crippen LogP contribution in [-0.4, -0.2) is 5.43 Å². The molecule has 2 heteroatoms. The molecular formula is C27H32SiZr. The summed E-state index contributed by atoms with van der Waals surface area (Å²) in [5.74, 6) is 0.657. The molecule has 0 nitrogen and oxygen atoms in total. The fourth-order valence-corrected chi connectivity index (χ4v) is 26.1.